The van der Waals surface area contributed by atoms with Crippen LogP contribution in [0.15, 0.2) is 113 Å². The van der Waals surface area contributed by atoms with Crippen LogP contribution in [-0.4, -0.2) is 9.97 Å². The van der Waals surface area contributed by atoms with Gasteiger partial charge in [-0.15, -0.1) is 37.9 Å². The predicted molar refractivity (Wildman–Crippen MR) is 192 cm³/mol. The van der Waals surface area contributed by atoms with Crippen molar-refractivity contribution in [1.29, 1.82) is 0 Å². The van der Waals surface area contributed by atoms with Gasteiger partial charge in [0.05, 0.1) is 32.1 Å². The molecule has 2 heterocycles. The largest absolute Gasteiger partial charge is 0.436 e. The van der Waals surface area contributed by atoms with E-state index in [1.54, 1.807) is 23.1 Å². The van der Waals surface area contributed by atoms with Crippen LogP contribution in [0.3, 0.4) is 0 Å². The molecule has 0 aliphatic heterocycles. The fourth-order valence-electron chi connectivity index (χ4n) is 4.96. The molecule has 0 saturated heterocycles. The van der Waals surface area contributed by atoms with Crippen LogP contribution >= 0.6 is 88.6 Å². The lowest BCUT2D eigenvalue weighted by Crippen LogP contribution is -2.14. The van der Waals surface area contributed by atoms with Gasteiger partial charge in [0.1, 0.15) is 11.0 Å². The molecule has 0 saturated carbocycles. The minimum atomic E-state index is 0.341. The molecule has 218 valence electrons. The third-order valence-electron chi connectivity index (χ3n) is 6.85. The standard InChI is InChI=1S/C32H17BrCl3N3O2S3/c33-17-13-20(36)30(27(44)14-17)39(28-18(34)9-15(11-25(28)42)31-37-21-5-1-3-7-23(21)40-31)29-19(35)10-16(12-26(29)43)32-38-22-6-2-4-8-24(22)41-32/h1-14,42-44H. The number of halogens is 4. The molecule has 0 N–H and O–H groups in total. The molecule has 7 rings (SSSR count). The zero-order valence-corrected chi connectivity index (χ0v) is 28.6. The summed E-state index contributed by atoms with van der Waals surface area (Å²) in [5, 5.41) is 1.07. The van der Waals surface area contributed by atoms with Crippen molar-refractivity contribution >= 4 is 128 Å². The van der Waals surface area contributed by atoms with E-state index in [9.17, 15) is 0 Å². The van der Waals surface area contributed by atoms with E-state index in [0.29, 0.717) is 80.9 Å². The Hall–Kier alpha value is -2.76. The third-order valence-corrected chi connectivity index (χ3v) is 9.19. The molecule has 7 aromatic rings. The topological polar surface area (TPSA) is 55.3 Å². The van der Waals surface area contributed by atoms with Crippen molar-refractivity contribution < 1.29 is 8.83 Å². The van der Waals surface area contributed by atoms with Crippen LogP contribution in [0.1, 0.15) is 0 Å². The van der Waals surface area contributed by atoms with E-state index in [2.05, 4.69) is 25.9 Å². The molecule has 0 aliphatic carbocycles. The van der Waals surface area contributed by atoms with Crippen LogP contribution in [0, 0.1) is 0 Å². The third kappa shape index (κ3) is 5.38. The number of hydrogen-bond donors (Lipinski definition) is 3. The quantitative estimate of drug-likeness (QED) is 0.153. The fourth-order valence-corrected chi connectivity index (χ4v) is 7.91. The molecule has 0 fully saturated rings. The van der Waals surface area contributed by atoms with Crippen LogP contribution < -0.4 is 4.90 Å². The summed E-state index contributed by atoms with van der Waals surface area (Å²) in [5.74, 6) is 0.822. The monoisotopic (exact) mass is 755 g/mol. The van der Waals surface area contributed by atoms with Gasteiger partial charge in [-0.1, -0.05) is 75.0 Å². The highest BCUT2D eigenvalue weighted by atomic mass is 79.9. The summed E-state index contributed by atoms with van der Waals surface area (Å²) in [4.78, 5) is 12.6. The second kappa shape index (κ2) is 11.9. The van der Waals surface area contributed by atoms with E-state index in [1.165, 1.54) is 0 Å². The summed E-state index contributed by atoms with van der Waals surface area (Å²) in [7, 11) is 0. The number of anilines is 3. The molecule has 2 aromatic heterocycles. The lowest BCUT2D eigenvalue weighted by Gasteiger charge is -2.31. The molecule has 0 amide bonds. The molecule has 5 nitrogen and oxygen atoms in total. The molecular weight excluding hydrogens is 741 g/mol. The Balaban J connectivity index is 1.42. The minimum absolute atomic E-state index is 0.341. The van der Waals surface area contributed by atoms with Gasteiger partial charge < -0.3 is 13.7 Å². The average Bonchev–Trinajstić information content (AvgIpc) is 3.60. The van der Waals surface area contributed by atoms with Crippen LogP contribution in [-0.2, 0) is 0 Å². The van der Waals surface area contributed by atoms with Gasteiger partial charge in [0.25, 0.3) is 0 Å². The van der Waals surface area contributed by atoms with Crippen molar-refractivity contribution in [3.05, 3.63) is 104 Å². The molecular formula is C32H17BrCl3N3O2S3. The smallest absolute Gasteiger partial charge is 0.227 e. The second-order valence-electron chi connectivity index (χ2n) is 9.72. The Morgan fingerprint density at radius 2 is 0.977 bits per heavy atom. The minimum Gasteiger partial charge on any atom is -0.436 e. The van der Waals surface area contributed by atoms with Crippen molar-refractivity contribution in [3.8, 4) is 22.9 Å². The maximum Gasteiger partial charge on any atom is 0.227 e. The van der Waals surface area contributed by atoms with Crippen molar-refractivity contribution in [3.63, 3.8) is 0 Å². The van der Waals surface area contributed by atoms with Gasteiger partial charge in [-0.2, -0.15) is 0 Å². The van der Waals surface area contributed by atoms with E-state index >= 15 is 0 Å². The van der Waals surface area contributed by atoms with E-state index in [4.69, 9.17) is 81.5 Å². The van der Waals surface area contributed by atoms with E-state index in [0.717, 1.165) is 15.5 Å². The Morgan fingerprint density at radius 3 is 1.39 bits per heavy atom. The zero-order valence-electron chi connectivity index (χ0n) is 22.1. The van der Waals surface area contributed by atoms with Gasteiger partial charge in [0.15, 0.2) is 11.2 Å². The van der Waals surface area contributed by atoms with Crippen molar-refractivity contribution in [2.24, 2.45) is 0 Å². The number of rotatable bonds is 5. The van der Waals surface area contributed by atoms with Crippen molar-refractivity contribution in [2.45, 2.75) is 14.7 Å². The van der Waals surface area contributed by atoms with Crippen molar-refractivity contribution in [2.75, 3.05) is 4.90 Å². The Morgan fingerprint density at radius 1 is 0.568 bits per heavy atom. The normalized spacial score (nSPS) is 11.5. The van der Waals surface area contributed by atoms with E-state index in [1.807, 2.05) is 66.7 Å². The molecule has 44 heavy (non-hydrogen) atoms. The molecule has 0 radical (unpaired) electrons. The Bertz CT molecular complexity index is 1990. The van der Waals surface area contributed by atoms with Gasteiger partial charge in [0, 0.05) is 30.3 Å². The number of oxazole rings is 2. The summed E-state index contributed by atoms with van der Waals surface area (Å²) in [5.41, 5.74) is 5.62. The molecule has 0 spiro atoms. The van der Waals surface area contributed by atoms with Gasteiger partial charge in [-0.05, 0) is 60.7 Å². The molecule has 5 aromatic carbocycles. The molecule has 0 aliphatic rings. The first kappa shape index (κ1) is 29.9. The number of nitrogens with zero attached hydrogens (tertiary/aromatic N) is 3. The lowest BCUT2D eigenvalue weighted by atomic mass is 10.1. The summed E-state index contributed by atoms with van der Waals surface area (Å²) in [6, 6.07) is 25.8. The number of thiol groups is 3. The molecule has 12 heteroatoms. The van der Waals surface area contributed by atoms with Gasteiger partial charge >= 0.3 is 0 Å². The highest BCUT2D eigenvalue weighted by Crippen LogP contribution is 2.53. The summed E-state index contributed by atoms with van der Waals surface area (Å²) < 4.78 is 12.7. The predicted octanol–water partition coefficient (Wildman–Crippen LogP) is 12.4. The second-order valence-corrected chi connectivity index (χ2v) is 13.3. The highest BCUT2D eigenvalue weighted by Gasteiger charge is 2.28. The number of aromatic nitrogens is 2. The number of benzene rings is 5. The SMILES string of the molecule is Sc1cc(Br)cc(Cl)c1N(c1c(S)cc(-c2nc3ccccc3o2)cc1Cl)c1c(S)cc(-c2nc3ccccc3o2)cc1Cl. The first-order valence-corrected chi connectivity index (χ1v) is 16.2. The Kier molecular flexibility index (Phi) is 8.07. The number of para-hydroxylation sites is 4. The molecule has 0 bridgehead atoms. The summed E-state index contributed by atoms with van der Waals surface area (Å²) in [6.45, 7) is 0. The van der Waals surface area contributed by atoms with Crippen LogP contribution in [0.4, 0.5) is 17.1 Å². The van der Waals surface area contributed by atoms with E-state index in [-0.39, 0.29) is 0 Å². The average molecular weight is 758 g/mol. The number of fused-ring (bicyclic) bond motifs is 2. The van der Waals surface area contributed by atoms with Crippen LogP contribution in [0.5, 0.6) is 0 Å². The number of hydrogen-bond acceptors (Lipinski definition) is 8. The summed E-state index contributed by atoms with van der Waals surface area (Å²) in [6.07, 6.45) is 0. The van der Waals surface area contributed by atoms with Crippen LogP contribution in [0.2, 0.25) is 15.1 Å². The summed E-state index contributed by atoms with van der Waals surface area (Å²) >= 11 is 39.1. The fraction of sp³-hybridized carbons (Fsp3) is 0. The Labute approximate surface area is 291 Å². The van der Waals surface area contributed by atoms with Gasteiger partial charge in [-0.25, -0.2) is 9.97 Å². The first-order chi connectivity index (χ1) is 21.2. The molecule has 0 unspecified atom stereocenters. The first-order valence-electron chi connectivity index (χ1n) is 12.9. The highest BCUT2D eigenvalue weighted by molar-refractivity contribution is 9.10. The lowest BCUT2D eigenvalue weighted by molar-refractivity contribution is 0.619. The molecule has 0 atom stereocenters. The zero-order chi connectivity index (χ0) is 30.7. The van der Waals surface area contributed by atoms with Gasteiger partial charge in [0.2, 0.25) is 11.8 Å². The van der Waals surface area contributed by atoms with Crippen LogP contribution in [0.25, 0.3) is 45.1 Å². The van der Waals surface area contributed by atoms with Crippen molar-refractivity contribution in [1.82, 2.24) is 9.97 Å². The van der Waals surface area contributed by atoms with E-state index < -0.39 is 0 Å². The van der Waals surface area contributed by atoms with Gasteiger partial charge in [-0.3, -0.25) is 0 Å². The maximum atomic E-state index is 7.06. The maximum absolute atomic E-state index is 7.06.